The molecule has 2 aromatic carbocycles. The van der Waals surface area contributed by atoms with Gasteiger partial charge in [0, 0.05) is 23.6 Å². The minimum absolute atomic E-state index is 0.291. The number of nitrogens with one attached hydrogen (secondary N) is 1. The van der Waals surface area contributed by atoms with E-state index in [1.165, 1.54) is 47.3 Å². The molecule has 0 fully saturated rings. The van der Waals surface area contributed by atoms with Gasteiger partial charge in [-0.1, -0.05) is 6.07 Å². The van der Waals surface area contributed by atoms with E-state index in [1.807, 2.05) is 0 Å². The van der Waals surface area contributed by atoms with Gasteiger partial charge in [0.25, 0.3) is 5.91 Å². The molecule has 28 heavy (non-hydrogen) atoms. The first-order valence-electron chi connectivity index (χ1n) is 8.43. The highest BCUT2D eigenvalue weighted by Gasteiger charge is 2.20. The lowest BCUT2D eigenvalue weighted by Gasteiger charge is -2.10. The summed E-state index contributed by atoms with van der Waals surface area (Å²) in [4.78, 5) is 16.9. The molecule has 2 heterocycles. The fraction of sp³-hybridized carbons (Fsp3) is 0. The van der Waals surface area contributed by atoms with Crippen LogP contribution in [0.25, 0.3) is 16.9 Å². The predicted molar refractivity (Wildman–Crippen MR) is 101 cm³/mol. The number of carbonyl (C=O) groups excluding carboxylic acids is 1. The number of amides is 1. The molecule has 138 valence electrons. The molecule has 1 N–H and O–H groups in total. The van der Waals surface area contributed by atoms with Gasteiger partial charge in [0.15, 0.2) is 0 Å². The van der Waals surface area contributed by atoms with Crippen molar-refractivity contribution in [1.82, 2.24) is 14.8 Å². The zero-order valence-corrected chi connectivity index (χ0v) is 14.5. The van der Waals surface area contributed by atoms with Crippen LogP contribution < -0.4 is 5.32 Å². The van der Waals surface area contributed by atoms with Gasteiger partial charge in [0.05, 0.1) is 23.1 Å². The monoisotopic (exact) mass is 376 g/mol. The number of pyridine rings is 1. The van der Waals surface area contributed by atoms with Crippen molar-refractivity contribution in [2.75, 3.05) is 5.32 Å². The molecule has 0 aliphatic carbocycles. The van der Waals surface area contributed by atoms with E-state index < -0.39 is 17.5 Å². The molecule has 0 saturated heterocycles. The zero-order chi connectivity index (χ0) is 19.5. The van der Waals surface area contributed by atoms with E-state index in [1.54, 1.807) is 36.7 Å². The van der Waals surface area contributed by atoms with Crippen LogP contribution in [0.4, 0.5) is 14.5 Å². The summed E-state index contributed by atoms with van der Waals surface area (Å²) in [6.07, 6.45) is 4.61. The SMILES string of the molecule is O=C(Nc1ccc(F)cc1)c1cnn(-c2cccc(F)c2)c1-c1ccncc1. The normalized spacial score (nSPS) is 10.6. The number of hydrogen-bond donors (Lipinski definition) is 1. The number of benzene rings is 2. The number of hydrogen-bond acceptors (Lipinski definition) is 3. The van der Waals surface area contributed by atoms with Crippen molar-refractivity contribution >= 4 is 11.6 Å². The maximum Gasteiger partial charge on any atom is 0.259 e. The average Bonchev–Trinajstić information content (AvgIpc) is 3.16. The second-order valence-corrected chi connectivity index (χ2v) is 6.00. The Labute approximate surface area is 159 Å². The summed E-state index contributed by atoms with van der Waals surface area (Å²) in [5.74, 6) is -1.22. The van der Waals surface area contributed by atoms with E-state index >= 15 is 0 Å². The number of aromatic nitrogens is 3. The quantitative estimate of drug-likeness (QED) is 0.572. The van der Waals surface area contributed by atoms with Crippen molar-refractivity contribution in [3.8, 4) is 16.9 Å². The van der Waals surface area contributed by atoms with E-state index in [-0.39, 0.29) is 0 Å². The Bertz CT molecular complexity index is 1120. The molecule has 4 rings (SSSR count). The Hall–Kier alpha value is -3.87. The molecular weight excluding hydrogens is 362 g/mol. The number of nitrogens with zero attached hydrogens (tertiary/aromatic N) is 3. The zero-order valence-electron chi connectivity index (χ0n) is 14.5. The molecule has 0 spiro atoms. The summed E-state index contributed by atoms with van der Waals surface area (Å²) in [6.45, 7) is 0. The standard InChI is InChI=1S/C21H14F2N4O/c22-15-4-6-17(7-5-15)26-21(28)19-13-25-27(18-3-1-2-16(23)12-18)20(19)14-8-10-24-11-9-14/h1-13H,(H,26,28). The molecular formula is C21H14F2N4O. The van der Waals surface area contributed by atoms with Gasteiger partial charge in [-0.05, 0) is 54.6 Å². The molecule has 0 atom stereocenters. The van der Waals surface area contributed by atoms with Gasteiger partial charge >= 0.3 is 0 Å². The molecule has 0 saturated carbocycles. The Balaban J connectivity index is 1.79. The molecule has 0 aliphatic rings. The second kappa shape index (κ2) is 7.40. The summed E-state index contributed by atoms with van der Waals surface area (Å²) >= 11 is 0. The smallest absolute Gasteiger partial charge is 0.259 e. The summed E-state index contributed by atoms with van der Waals surface area (Å²) in [5.41, 5.74) is 2.41. The summed E-state index contributed by atoms with van der Waals surface area (Å²) in [6, 6.07) is 14.9. The first-order valence-corrected chi connectivity index (χ1v) is 8.43. The Morgan fingerprint density at radius 3 is 2.39 bits per heavy atom. The van der Waals surface area contributed by atoms with E-state index in [2.05, 4.69) is 15.4 Å². The van der Waals surface area contributed by atoms with Crippen LogP contribution in [-0.4, -0.2) is 20.7 Å². The van der Waals surface area contributed by atoms with Crippen molar-refractivity contribution in [1.29, 1.82) is 0 Å². The van der Waals surface area contributed by atoms with Crippen LogP contribution in [0.5, 0.6) is 0 Å². The van der Waals surface area contributed by atoms with Crippen LogP contribution in [0.3, 0.4) is 0 Å². The maximum atomic E-state index is 13.7. The van der Waals surface area contributed by atoms with Crippen LogP contribution in [-0.2, 0) is 0 Å². The molecule has 0 aliphatic heterocycles. The first-order chi connectivity index (χ1) is 13.6. The van der Waals surface area contributed by atoms with Crippen LogP contribution in [0.1, 0.15) is 10.4 Å². The van der Waals surface area contributed by atoms with Crippen molar-refractivity contribution in [2.24, 2.45) is 0 Å². The van der Waals surface area contributed by atoms with Gasteiger partial charge in [0.2, 0.25) is 0 Å². The minimum Gasteiger partial charge on any atom is -0.322 e. The molecule has 1 amide bonds. The van der Waals surface area contributed by atoms with E-state index in [9.17, 15) is 13.6 Å². The van der Waals surface area contributed by atoms with Crippen molar-refractivity contribution < 1.29 is 13.6 Å². The number of anilines is 1. The Kier molecular flexibility index (Phi) is 4.63. The van der Waals surface area contributed by atoms with E-state index in [4.69, 9.17) is 0 Å². The largest absolute Gasteiger partial charge is 0.322 e. The van der Waals surface area contributed by atoms with Crippen LogP contribution in [0.2, 0.25) is 0 Å². The lowest BCUT2D eigenvalue weighted by atomic mass is 10.1. The Morgan fingerprint density at radius 1 is 0.929 bits per heavy atom. The average molecular weight is 376 g/mol. The Morgan fingerprint density at radius 2 is 1.68 bits per heavy atom. The van der Waals surface area contributed by atoms with Gasteiger partial charge in [-0.25, -0.2) is 13.5 Å². The summed E-state index contributed by atoms with van der Waals surface area (Å²) in [7, 11) is 0. The molecule has 7 heteroatoms. The third-order valence-electron chi connectivity index (χ3n) is 4.12. The highest BCUT2D eigenvalue weighted by Crippen LogP contribution is 2.27. The highest BCUT2D eigenvalue weighted by molar-refractivity contribution is 6.08. The van der Waals surface area contributed by atoms with Gasteiger partial charge in [0.1, 0.15) is 11.6 Å². The van der Waals surface area contributed by atoms with Gasteiger partial charge in [-0.15, -0.1) is 0 Å². The van der Waals surface area contributed by atoms with E-state index in [0.29, 0.717) is 28.2 Å². The molecule has 0 bridgehead atoms. The maximum absolute atomic E-state index is 13.7. The topological polar surface area (TPSA) is 59.8 Å². The minimum atomic E-state index is -0.416. The molecule has 0 unspecified atom stereocenters. The van der Waals surface area contributed by atoms with Crippen molar-refractivity contribution in [3.05, 3.63) is 96.5 Å². The van der Waals surface area contributed by atoms with Crippen molar-refractivity contribution in [3.63, 3.8) is 0 Å². The lowest BCUT2D eigenvalue weighted by Crippen LogP contribution is -2.13. The predicted octanol–water partition coefficient (Wildman–Crippen LogP) is 4.46. The first kappa shape index (κ1) is 17.5. The molecule has 4 aromatic rings. The third-order valence-corrected chi connectivity index (χ3v) is 4.12. The van der Waals surface area contributed by atoms with Gasteiger partial charge in [-0.3, -0.25) is 9.78 Å². The third kappa shape index (κ3) is 3.50. The number of rotatable bonds is 4. The summed E-state index contributed by atoms with van der Waals surface area (Å²) in [5, 5.41) is 7.01. The number of halogens is 2. The van der Waals surface area contributed by atoms with Crippen LogP contribution in [0.15, 0.2) is 79.3 Å². The second-order valence-electron chi connectivity index (χ2n) is 6.00. The van der Waals surface area contributed by atoms with Gasteiger partial charge < -0.3 is 5.32 Å². The van der Waals surface area contributed by atoms with Crippen LogP contribution in [0, 0.1) is 11.6 Å². The van der Waals surface area contributed by atoms with Crippen LogP contribution >= 0.6 is 0 Å². The molecule has 0 radical (unpaired) electrons. The molecule has 5 nitrogen and oxygen atoms in total. The molecule has 2 aromatic heterocycles. The highest BCUT2D eigenvalue weighted by atomic mass is 19.1. The number of carbonyl (C=O) groups is 1. The lowest BCUT2D eigenvalue weighted by molar-refractivity contribution is 0.102. The fourth-order valence-corrected chi connectivity index (χ4v) is 2.84. The van der Waals surface area contributed by atoms with Gasteiger partial charge in [-0.2, -0.15) is 5.10 Å². The van der Waals surface area contributed by atoms with Crippen molar-refractivity contribution in [2.45, 2.75) is 0 Å². The fourth-order valence-electron chi connectivity index (χ4n) is 2.84. The summed E-state index contributed by atoms with van der Waals surface area (Å²) < 4.78 is 28.3. The van der Waals surface area contributed by atoms with E-state index in [0.717, 1.165) is 0 Å².